The molecule has 3 aromatic rings. The number of benzene rings is 2. The summed E-state index contributed by atoms with van der Waals surface area (Å²) in [7, 11) is 0. The lowest BCUT2D eigenvalue weighted by atomic mass is 9.93. The van der Waals surface area contributed by atoms with Crippen LogP contribution in [0.2, 0.25) is 0 Å². The van der Waals surface area contributed by atoms with Crippen LogP contribution in [-0.4, -0.2) is 4.98 Å². The summed E-state index contributed by atoms with van der Waals surface area (Å²) in [6, 6.07) is 13.5. The first-order valence-electron chi connectivity index (χ1n) is 8.35. The van der Waals surface area contributed by atoms with Gasteiger partial charge >= 0.3 is 0 Å². The fourth-order valence-electron chi connectivity index (χ4n) is 3.24. The number of hydrogen-bond donors (Lipinski definition) is 0. The Labute approximate surface area is 139 Å². The first-order chi connectivity index (χ1) is 10.8. The van der Waals surface area contributed by atoms with Crippen LogP contribution < -0.4 is 0 Å². The van der Waals surface area contributed by atoms with Crippen molar-refractivity contribution < 1.29 is 0 Å². The molecule has 0 unspecified atom stereocenters. The minimum Gasteiger partial charge on any atom is -0.247 e. The minimum atomic E-state index is 0.448. The summed E-state index contributed by atoms with van der Waals surface area (Å²) in [6.07, 6.45) is 0. The third-order valence-corrected chi connectivity index (χ3v) is 4.58. The first kappa shape index (κ1) is 15.7. The van der Waals surface area contributed by atoms with Gasteiger partial charge in [-0.2, -0.15) is 0 Å². The predicted molar refractivity (Wildman–Crippen MR) is 100 cm³/mol. The van der Waals surface area contributed by atoms with E-state index in [4.69, 9.17) is 4.98 Å². The Bertz CT molecular complexity index is 868. The van der Waals surface area contributed by atoms with Crippen molar-refractivity contribution in [3.8, 4) is 11.3 Å². The molecule has 118 valence electrons. The number of rotatable bonds is 2. The Morgan fingerprint density at radius 1 is 0.739 bits per heavy atom. The van der Waals surface area contributed by atoms with Crippen LogP contribution in [0.4, 0.5) is 0 Å². The summed E-state index contributed by atoms with van der Waals surface area (Å²) in [5.74, 6) is 0.448. The highest BCUT2D eigenvalue weighted by atomic mass is 14.7. The standard InChI is InChI=1S/C22H25N/c1-13(2)20-12-18-10-16(5)17(6)11-21(18)23-22(20)19-8-14(3)7-15(4)9-19/h7-13H,1-6H3. The van der Waals surface area contributed by atoms with Gasteiger partial charge < -0.3 is 0 Å². The average molecular weight is 303 g/mol. The largest absolute Gasteiger partial charge is 0.247 e. The zero-order valence-corrected chi connectivity index (χ0v) is 15.0. The van der Waals surface area contributed by atoms with E-state index in [1.807, 2.05) is 0 Å². The summed E-state index contributed by atoms with van der Waals surface area (Å²) in [5.41, 5.74) is 9.97. The van der Waals surface area contributed by atoms with E-state index in [-0.39, 0.29) is 0 Å². The molecule has 3 rings (SSSR count). The van der Waals surface area contributed by atoms with Crippen LogP contribution >= 0.6 is 0 Å². The van der Waals surface area contributed by atoms with Gasteiger partial charge in [0.05, 0.1) is 11.2 Å². The number of fused-ring (bicyclic) bond motifs is 1. The van der Waals surface area contributed by atoms with Crippen LogP contribution in [0, 0.1) is 27.7 Å². The third-order valence-electron chi connectivity index (χ3n) is 4.58. The van der Waals surface area contributed by atoms with E-state index in [0.29, 0.717) is 5.92 Å². The van der Waals surface area contributed by atoms with Gasteiger partial charge in [0.15, 0.2) is 0 Å². The summed E-state index contributed by atoms with van der Waals surface area (Å²) in [4.78, 5) is 5.05. The van der Waals surface area contributed by atoms with E-state index in [9.17, 15) is 0 Å². The predicted octanol–water partition coefficient (Wildman–Crippen LogP) is 6.26. The van der Waals surface area contributed by atoms with Crippen LogP contribution in [0.1, 0.15) is 47.6 Å². The maximum absolute atomic E-state index is 5.05. The number of aryl methyl sites for hydroxylation is 4. The molecule has 0 spiro atoms. The smallest absolute Gasteiger partial charge is 0.0744 e. The topological polar surface area (TPSA) is 12.9 Å². The van der Waals surface area contributed by atoms with Crippen molar-refractivity contribution in [2.24, 2.45) is 0 Å². The molecule has 0 atom stereocenters. The number of pyridine rings is 1. The molecule has 2 aromatic carbocycles. The Kier molecular flexibility index (Phi) is 3.97. The van der Waals surface area contributed by atoms with Crippen molar-refractivity contribution in [3.63, 3.8) is 0 Å². The second-order valence-corrected chi connectivity index (χ2v) is 7.09. The SMILES string of the molecule is Cc1cc(C)cc(-c2nc3cc(C)c(C)cc3cc2C(C)C)c1. The molecule has 0 aliphatic carbocycles. The lowest BCUT2D eigenvalue weighted by Gasteiger charge is -2.16. The summed E-state index contributed by atoms with van der Waals surface area (Å²) < 4.78 is 0. The van der Waals surface area contributed by atoms with E-state index in [2.05, 4.69) is 77.9 Å². The van der Waals surface area contributed by atoms with E-state index in [1.54, 1.807) is 0 Å². The van der Waals surface area contributed by atoms with E-state index in [1.165, 1.54) is 38.8 Å². The van der Waals surface area contributed by atoms with Gasteiger partial charge in [-0.05, 0) is 80.6 Å². The molecule has 0 fully saturated rings. The molecule has 0 saturated carbocycles. The van der Waals surface area contributed by atoms with Gasteiger partial charge in [-0.1, -0.05) is 31.0 Å². The van der Waals surface area contributed by atoms with Gasteiger partial charge in [0, 0.05) is 10.9 Å². The maximum atomic E-state index is 5.05. The van der Waals surface area contributed by atoms with Gasteiger partial charge in [0.25, 0.3) is 0 Å². The molecule has 0 aliphatic rings. The lowest BCUT2D eigenvalue weighted by Crippen LogP contribution is -1.98. The molecule has 0 bridgehead atoms. The molecule has 1 heterocycles. The van der Waals surface area contributed by atoms with Crippen molar-refractivity contribution in [3.05, 3.63) is 64.2 Å². The van der Waals surface area contributed by atoms with Gasteiger partial charge in [-0.25, -0.2) is 4.98 Å². The Balaban J connectivity index is 2.33. The molecule has 1 nitrogen and oxygen atoms in total. The molecule has 1 heteroatoms. The fourth-order valence-corrected chi connectivity index (χ4v) is 3.24. The maximum Gasteiger partial charge on any atom is 0.0744 e. The van der Waals surface area contributed by atoms with E-state index in [0.717, 1.165) is 11.2 Å². The highest BCUT2D eigenvalue weighted by Gasteiger charge is 2.13. The second-order valence-electron chi connectivity index (χ2n) is 7.09. The summed E-state index contributed by atoms with van der Waals surface area (Å²) in [5, 5.41) is 1.24. The van der Waals surface area contributed by atoms with Crippen molar-refractivity contribution in [2.75, 3.05) is 0 Å². The van der Waals surface area contributed by atoms with Crippen LogP contribution in [0.25, 0.3) is 22.2 Å². The van der Waals surface area contributed by atoms with Crippen LogP contribution in [-0.2, 0) is 0 Å². The highest BCUT2D eigenvalue weighted by Crippen LogP contribution is 2.32. The van der Waals surface area contributed by atoms with Crippen molar-refractivity contribution in [2.45, 2.75) is 47.5 Å². The molecular formula is C22H25N. The van der Waals surface area contributed by atoms with Gasteiger partial charge in [-0.3, -0.25) is 0 Å². The molecule has 0 radical (unpaired) electrons. The molecule has 0 N–H and O–H groups in total. The van der Waals surface area contributed by atoms with E-state index < -0.39 is 0 Å². The molecule has 0 aliphatic heterocycles. The second kappa shape index (κ2) is 5.81. The normalized spacial score (nSPS) is 11.4. The summed E-state index contributed by atoms with van der Waals surface area (Å²) >= 11 is 0. The molecular weight excluding hydrogens is 278 g/mol. The number of aromatic nitrogens is 1. The average Bonchev–Trinajstić information content (AvgIpc) is 2.46. The third kappa shape index (κ3) is 3.01. The van der Waals surface area contributed by atoms with Gasteiger partial charge in [0.1, 0.15) is 0 Å². The zero-order valence-electron chi connectivity index (χ0n) is 15.0. The molecule has 23 heavy (non-hydrogen) atoms. The Morgan fingerprint density at radius 2 is 1.35 bits per heavy atom. The zero-order chi connectivity index (χ0) is 16.7. The number of hydrogen-bond acceptors (Lipinski definition) is 1. The molecule has 1 aromatic heterocycles. The number of nitrogens with zero attached hydrogens (tertiary/aromatic N) is 1. The van der Waals surface area contributed by atoms with Crippen LogP contribution in [0.3, 0.4) is 0 Å². The monoisotopic (exact) mass is 303 g/mol. The van der Waals surface area contributed by atoms with Crippen LogP contribution in [0.15, 0.2) is 36.4 Å². The minimum absolute atomic E-state index is 0.448. The first-order valence-corrected chi connectivity index (χ1v) is 8.35. The fraction of sp³-hybridized carbons (Fsp3) is 0.318. The molecule has 0 amide bonds. The highest BCUT2D eigenvalue weighted by molar-refractivity contribution is 5.85. The molecule has 0 saturated heterocycles. The van der Waals surface area contributed by atoms with Gasteiger partial charge in [0.2, 0.25) is 0 Å². The van der Waals surface area contributed by atoms with Gasteiger partial charge in [-0.15, -0.1) is 0 Å². The van der Waals surface area contributed by atoms with Crippen LogP contribution in [0.5, 0.6) is 0 Å². The van der Waals surface area contributed by atoms with Crippen molar-refractivity contribution in [1.29, 1.82) is 0 Å². The summed E-state index contributed by atoms with van der Waals surface area (Å²) in [6.45, 7) is 13.1. The Morgan fingerprint density at radius 3 is 1.96 bits per heavy atom. The lowest BCUT2D eigenvalue weighted by molar-refractivity contribution is 0.865. The van der Waals surface area contributed by atoms with Crippen molar-refractivity contribution >= 4 is 10.9 Å². The quantitative estimate of drug-likeness (QED) is 0.544. The van der Waals surface area contributed by atoms with Crippen molar-refractivity contribution in [1.82, 2.24) is 4.98 Å². The van der Waals surface area contributed by atoms with E-state index >= 15 is 0 Å². The Hall–Kier alpha value is -2.15.